The van der Waals surface area contributed by atoms with Crippen LogP contribution in [0.15, 0.2) is 60.7 Å². The number of benzene rings is 3. The van der Waals surface area contributed by atoms with Gasteiger partial charge in [0.1, 0.15) is 17.5 Å². The summed E-state index contributed by atoms with van der Waals surface area (Å²) in [4.78, 5) is 15.6. The first kappa shape index (κ1) is 22.6. The van der Waals surface area contributed by atoms with Crippen LogP contribution in [0.3, 0.4) is 0 Å². The van der Waals surface area contributed by atoms with E-state index < -0.39 is 17.7 Å². The van der Waals surface area contributed by atoms with Gasteiger partial charge in [0.25, 0.3) is 0 Å². The second kappa shape index (κ2) is 8.25. The third-order valence-electron chi connectivity index (χ3n) is 6.47. The van der Waals surface area contributed by atoms with Crippen molar-refractivity contribution in [3.8, 4) is 5.75 Å². The third-order valence-corrected chi connectivity index (χ3v) is 7.00. The van der Waals surface area contributed by atoms with Gasteiger partial charge in [-0.05, 0) is 87.1 Å². The van der Waals surface area contributed by atoms with Crippen LogP contribution in [-0.2, 0) is 4.79 Å². The Bertz CT molecular complexity index is 1320. The molecular weight excluding hydrogens is 473 g/mol. The van der Waals surface area contributed by atoms with Crippen molar-refractivity contribution in [1.29, 1.82) is 0 Å². The van der Waals surface area contributed by atoms with E-state index in [1.165, 1.54) is 12.1 Å². The Morgan fingerprint density at radius 3 is 2.59 bits per heavy atom. The molecular formula is C26H23ClFN3O2S. The Kier molecular flexibility index (Phi) is 5.49. The van der Waals surface area contributed by atoms with Crippen LogP contribution in [0.5, 0.6) is 5.75 Å². The summed E-state index contributed by atoms with van der Waals surface area (Å²) in [5.41, 5.74) is 2.98. The van der Waals surface area contributed by atoms with Gasteiger partial charge in [0.15, 0.2) is 10.8 Å². The molecule has 0 saturated carbocycles. The molecule has 3 aromatic carbocycles. The first-order chi connectivity index (χ1) is 16.2. The number of anilines is 2. The van der Waals surface area contributed by atoms with Crippen molar-refractivity contribution < 1.29 is 13.9 Å². The molecule has 5 rings (SSSR count). The van der Waals surface area contributed by atoms with Crippen molar-refractivity contribution in [2.75, 3.05) is 10.2 Å². The van der Waals surface area contributed by atoms with E-state index in [2.05, 4.69) is 10.6 Å². The standard InChI is InChI=1S/C26H23ClFN3O2S/c1-14-4-10-20(15(2)12-14)29-24(32)22-23-19-13-16(27)5-11-21(19)33-26(22,3)31(25(34)30-23)18-8-6-17(28)7-9-18/h4-13,22-23H,1-3H3,(H,29,32)(H,30,34)/t22-,23+,26-/m0/s1. The lowest BCUT2D eigenvalue weighted by atomic mass is 9.78. The Morgan fingerprint density at radius 1 is 1.15 bits per heavy atom. The summed E-state index contributed by atoms with van der Waals surface area (Å²) < 4.78 is 20.2. The van der Waals surface area contributed by atoms with E-state index in [-0.39, 0.29) is 11.7 Å². The van der Waals surface area contributed by atoms with Gasteiger partial charge in [0.2, 0.25) is 5.91 Å². The van der Waals surface area contributed by atoms with E-state index in [1.54, 1.807) is 35.2 Å². The van der Waals surface area contributed by atoms with Crippen LogP contribution in [0, 0.1) is 25.6 Å². The predicted octanol–water partition coefficient (Wildman–Crippen LogP) is 5.90. The molecule has 2 aliphatic heterocycles. The Balaban J connectivity index is 1.63. The minimum Gasteiger partial charge on any atom is -0.467 e. The fourth-order valence-corrected chi connectivity index (χ4v) is 5.49. The van der Waals surface area contributed by atoms with Gasteiger partial charge < -0.3 is 15.4 Å². The molecule has 8 heteroatoms. The predicted molar refractivity (Wildman–Crippen MR) is 136 cm³/mol. The zero-order valence-corrected chi connectivity index (χ0v) is 20.4. The number of nitrogens with zero attached hydrogens (tertiary/aromatic N) is 1. The molecule has 1 fully saturated rings. The normalized spacial score (nSPS) is 23.0. The lowest BCUT2D eigenvalue weighted by Gasteiger charge is -2.56. The van der Waals surface area contributed by atoms with E-state index in [0.29, 0.717) is 21.6 Å². The molecule has 1 saturated heterocycles. The average molecular weight is 496 g/mol. The highest BCUT2D eigenvalue weighted by Gasteiger charge is 2.59. The highest BCUT2D eigenvalue weighted by molar-refractivity contribution is 7.80. The monoisotopic (exact) mass is 495 g/mol. The number of hydrogen-bond acceptors (Lipinski definition) is 3. The minimum atomic E-state index is -1.19. The highest BCUT2D eigenvalue weighted by Crippen LogP contribution is 2.50. The van der Waals surface area contributed by atoms with Gasteiger partial charge in [-0.15, -0.1) is 0 Å². The van der Waals surface area contributed by atoms with Gasteiger partial charge in [-0.1, -0.05) is 29.3 Å². The summed E-state index contributed by atoms with van der Waals surface area (Å²) in [6.45, 7) is 5.79. The van der Waals surface area contributed by atoms with Crippen molar-refractivity contribution in [1.82, 2.24) is 5.32 Å². The number of fused-ring (bicyclic) bond motifs is 4. The zero-order chi connectivity index (χ0) is 24.2. The SMILES string of the molecule is Cc1ccc(NC(=O)[C@@H]2[C@@H]3NC(=S)N(c4ccc(F)cc4)[C@@]2(C)Oc2ccc(Cl)cc23)c(C)c1. The summed E-state index contributed by atoms with van der Waals surface area (Å²) in [5, 5.41) is 7.32. The first-order valence-electron chi connectivity index (χ1n) is 10.9. The number of carbonyl (C=O) groups excluding carboxylic acids is 1. The number of amides is 1. The number of carbonyl (C=O) groups is 1. The zero-order valence-electron chi connectivity index (χ0n) is 18.9. The molecule has 34 heavy (non-hydrogen) atoms. The molecule has 2 aliphatic rings. The maximum absolute atomic E-state index is 13.9. The van der Waals surface area contributed by atoms with Crippen LogP contribution >= 0.6 is 23.8 Å². The number of halogens is 2. The number of aryl methyl sites for hydroxylation is 2. The lowest BCUT2D eigenvalue weighted by molar-refractivity contribution is -0.130. The van der Waals surface area contributed by atoms with E-state index in [9.17, 15) is 9.18 Å². The van der Waals surface area contributed by atoms with Gasteiger partial charge in [-0.2, -0.15) is 0 Å². The number of nitrogens with one attached hydrogen (secondary N) is 2. The van der Waals surface area contributed by atoms with E-state index in [0.717, 1.165) is 22.4 Å². The maximum Gasteiger partial charge on any atom is 0.236 e. The third kappa shape index (κ3) is 3.69. The molecule has 5 nitrogen and oxygen atoms in total. The van der Waals surface area contributed by atoms with Crippen molar-refractivity contribution in [2.24, 2.45) is 5.92 Å². The largest absolute Gasteiger partial charge is 0.467 e. The summed E-state index contributed by atoms with van der Waals surface area (Å²) in [6, 6.07) is 16.7. The second-order valence-corrected chi connectivity index (χ2v) is 9.69. The molecule has 0 aromatic heterocycles. The molecule has 174 valence electrons. The summed E-state index contributed by atoms with van der Waals surface area (Å²) >= 11 is 12.0. The van der Waals surface area contributed by atoms with Crippen molar-refractivity contribution in [3.05, 3.63) is 88.2 Å². The molecule has 2 bridgehead atoms. The van der Waals surface area contributed by atoms with Crippen molar-refractivity contribution >= 4 is 46.2 Å². The van der Waals surface area contributed by atoms with Gasteiger partial charge in [0, 0.05) is 22.0 Å². The molecule has 3 atom stereocenters. The summed E-state index contributed by atoms with van der Waals surface area (Å²) in [5.74, 6) is -0.700. The fraction of sp³-hybridized carbons (Fsp3) is 0.231. The minimum absolute atomic E-state index is 0.229. The summed E-state index contributed by atoms with van der Waals surface area (Å²) in [6.07, 6.45) is 0. The topological polar surface area (TPSA) is 53.6 Å². The van der Waals surface area contributed by atoms with Crippen LogP contribution in [0.4, 0.5) is 15.8 Å². The number of thiocarbonyl (C=S) groups is 1. The van der Waals surface area contributed by atoms with Crippen molar-refractivity contribution in [3.63, 3.8) is 0 Å². The van der Waals surface area contributed by atoms with Crippen molar-refractivity contribution in [2.45, 2.75) is 32.5 Å². The van der Waals surface area contributed by atoms with E-state index in [4.69, 9.17) is 28.6 Å². The number of hydrogen-bond donors (Lipinski definition) is 2. The molecule has 2 N–H and O–H groups in total. The van der Waals surface area contributed by atoms with Gasteiger partial charge >= 0.3 is 0 Å². The van der Waals surface area contributed by atoms with E-state index in [1.807, 2.05) is 39.0 Å². The first-order valence-corrected chi connectivity index (χ1v) is 11.7. The fourth-order valence-electron chi connectivity index (χ4n) is 4.90. The number of ether oxygens (including phenoxy) is 1. The molecule has 0 unspecified atom stereocenters. The molecule has 0 radical (unpaired) electrons. The molecule has 0 aliphatic carbocycles. The van der Waals surface area contributed by atoms with Gasteiger partial charge in [-0.25, -0.2) is 4.39 Å². The molecule has 0 spiro atoms. The lowest BCUT2D eigenvalue weighted by Crippen LogP contribution is -2.72. The highest BCUT2D eigenvalue weighted by atomic mass is 35.5. The number of rotatable bonds is 3. The Hall–Kier alpha value is -3.16. The Morgan fingerprint density at radius 2 is 1.88 bits per heavy atom. The Labute approximate surface area is 207 Å². The average Bonchev–Trinajstić information content (AvgIpc) is 2.77. The van der Waals surface area contributed by atoms with Crippen LogP contribution in [0.25, 0.3) is 0 Å². The summed E-state index contributed by atoms with van der Waals surface area (Å²) in [7, 11) is 0. The van der Waals surface area contributed by atoms with Crippen LogP contribution < -0.4 is 20.3 Å². The van der Waals surface area contributed by atoms with Crippen LogP contribution in [-0.4, -0.2) is 16.7 Å². The van der Waals surface area contributed by atoms with Gasteiger partial charge in [0.05, 0.1) is 6.04 Å². The quantitative estimate of drug-likeness (QED) is 0.443. The van der Waals surface area contributed by atoms with Crippen LogP contribution in [0.1, 0.15) is 29.7 Å². The smallest absolute Gasteiger partial charge is 0.236 e. The molecule has 3 aromatic rings. The maximum atomic E-state index is 13.9. The van der Waals surface area contributed by atoms with Gasteiger partial charge in [-0.3, -0.25) is 9.69 Å². The van der Waals surface area contributed by atoms with E-state index >= 15 is 0 Å². The molecule has 2 heterocycles. The molecule has 1 amide bonds. The second-order valence-electron chi connectivity index (χ2n) is 8.86. The van der Waals surface area contributed by atoms with Crippen LogP contribution in [0.2, 0.25) is 5.02 Å².